The highest BCUT2D eigenvalue weighted by atomic mass is 16.5. The van der Waals surface area contributed by atoms with Crippen LogP contribution in [0.3, 0.4) is 0 Å². The van der Waals surface area contributed by atoms with E-state index in [2.05, 4.69) is 53.4 Å². The van der Waals surface area contributed by atoms with Crippen molar-refractivity contribution in [2.24, 2.45) is 10.8 Å². The van der Waals surface area contributed by atoms with E-state index in [4.69, 9.17) is 4.74 Å². The number of hydrogen-bond acceptors (Lipinski definition) is 2. The van der Waals surface area contributed by atoms with Crippen molar-refractivity contribution in [1.29, 1.82) is 0 Å². The molecule has 0 heterocycles. The SMILES string of the molecule is CCN(CCOCCC(C)(C)C)CCC(C)(C)C. The van der Waals surface area contributed by atoms with Crippen LogP contribution in [-0.2, 0) is 4.74 Å². The van der Waals surface area contributed by atoms with Crippen LogP contribution in [0.15, 0.2) is 0 Å². The minimum atomic E-state index is 0.386. The monoisotopic (exact) mass is 257 g/mol. The summed E-state index contributed by atoms with van der Waals surface area (Å²) in [5, 5.41) is 0. The fourth-order valence-electron chi connectivity index (χ4n) is 1.60. The molecule has 0 N–H and O–H groups in total. The summed E-state index contributed by atoms with van der Waals surface area (Å²) in [7, 11) is 0. The maximum absolute atomic E-state index is 5.73. The Labute approximate surface area is 115 Å². The van der Waals surface area contributed by atoms with Gasteiger partial charge in [0.25, 0.3) is 0 Å². The Morgan fingerprint density at radius 1 is 0.778 bits per heavy atom. The van der Waals surface area contributed by atoms with Gasteiger partial charge in [0.05, 0.1) is 6.61 Å². The Balaban J connectivity index is 3.62. The molecule has 2 nitrogen and oxygen atoms in total. The van der Waals surface area contributed by atoms with Crippen LogP contribution in [0.25, 0.3) is 0 Å². The summed E-state index contributed by atoms with van der Waals surface area (Å²) in [6.07, 6.45) is 2.39. The third-order valence-corrected chi connectivity index (χ3v) is 3.17. The third kappa shape index (κ3) is 12.4. The zero-order chi connectivity index (χ0) is 14.2. The van der Waals surface area contributed by atoms with Crippen molar-refractivity contribution in [3.8, 4) is 0 Å². The van der Waals surface area contributed by atoms with Crippen LogP contribution < -0.4 is 0 Å². The van der Waals surface area contributed by atoms with Crippen LogP contribution >= 0.6 is 0 Å². The van der Waals surface area contributed by atoms with Gasteiger partial charge in [-0.2, -0.15) is 0 Å². The van der Waals surface area contributed by atoms with Crippen LogP contribution in [0.2, 0.25) is 0 Å². The van der Waals surface area contributed by atoms with Gasteiger partial charge in [-0.05, 0) is 36.8 Å². The molecule has 0 saturated carbocycles. The minimum absolute atomic E-state index is 0.386. The highest BCUT2D eigenvalue weighted by Crippen LogP contribution is 2.19. The number of ether oxygens (including phenoxy) is 1. The summed E-state index contributed by atoms with van der Waals surface area (Å²) in [5.41, 5.74) is 0.817. The fourth-order valence-corrected chi connectivity index (χ4v) is 1.60. The molecule has 0 atom stereocenters. The smallest absolute Gasteiger partial charge is 0.0593 e. The topological polar surface area (TPSA) is 12.5 Å². The first-order valence-corrected chi connectivity index (χ1v) is 7.44. The largest absolute Gasteiger partial charge is 0.380 e. The third-order valence-electron chi connectivity index (χ3n) is 3.17. The summed E-state index contributed by atoms with van der Waals surface area (Å²) in [4.78, 5) is 2.49. The van der Waals surface area contributed by atoms with Gasteiger partial charge in [0, 0.05) is 13.2 Å². The molecule has 0 aromatic carbocycles. The van der Waals surface area contributed by atoms with Gasteiger partial charge in [-0.3, -0.25) is 0 Å². The molecule has 0 bridgehead atoms. The molecule has 0 aliphatic heterocycles. The Morgan fingerprint density at radius 2 is 1.33 bits per heavy atom. The van der Waals surface area contributed by atoms with Crippen molar-refractivity contribution in [2.75, 3.05) is 32.8 Å². The average molecular weight is 257 g/mol. The Bertz CT molecular complexity index is 200. The second kappa shape index (κ2) is 8.16. The first-order valence-electron chi connectivity index (χ1n) is 7.44. The molecule has 110 valence electrons. The number of rotatable bonds is 8. The number of hydrogen-bond donors (Lipinski definition) is 0. The van der Waals surface area contributed by atoms with Crippen molar-refractivity contribution in [3.05, 3.63) is 0 Å². The quantitative estimate of drug-likeness (QED) is 0.604. The molecule has 0 rings (SSSR count). The molecule has 0 fully saturated rings. The lowest BCUT2D eigenvalue weighted by molar-refractivity contribution is 0.0836. The van der Waals surface area contributed by atoms with Gasteiger partial charge in [0.15, 0.2) is 0 Å². The van der Waals surface area contributed by atoms with E-state index < -0.39 is 0 Å². The lowest BCUT2D eigenvalue weighted by atomic mass is 9.92. The molecule has 0 amide bonds. The zero-order valence-corrected chi connectivity index (χ0v) is 13.8. The summed E-state index contributed by atoms with van der Waals surface area (Å²) in [5.74, 6) is 0. The molecule has 0 aromatic heterocycles. The lowest BCUT2D eigenvalue weighted by Gasteiger charge is -2.26. The molecule has 0 aliphatic rings. The first kappa shape index (κ1) is 17.9. The Hall–Kier alpha value is -0.0800. The summed E-state index contributed by atoms with van der Waals surface area (Å²) >= 11 is 0. The van der Waals surface area contributed by atoms with Crippen LogP contribution in [0.5, 0.6) is 0 Å². The van der Waals surface area contributed by atoms with Crippen molar-refractivity contribution in [1.82, 2.24) is 4.90 Å². The minimum Gasteiger partial charge on any atom is -0.380 e. The molecule has 0 saturated heterocycles. The van der Waals surface area contributed by atoms with Gasteiger partial charge in [-0.15, -0.1) is 0 Å². The van der Waals surface area contributed by atoms with Crippen LogP contribution in [0, 0.1) is 10.8 Å². The van der Waals surface area contributed by atoms with Crippen LogP contribution in [0.4, 0.5) is 0 Å². The Morgan fingerprint density at radius 3 is 1.78 bits per heavy atom. The van der Waals surface area contributed by atoms with Crippen molar-refractivity contribution in [2.45, 2.75) is 61.3 Å². The van der Waals surface area contributed by atoms with Gasteiger partial charge in [-0.1, -0.05) is 48.5 Å². The lowest BCUT2D eigenvalue weighted by Crippen LogP contribution is -2.30. The molecule has 0 radical (unpaired) electrons. The fraction of sp³-hybridized carbons (Fsp3) is 1.00. The molecule has 18 heavy (non-hydrogen) atoms. The van der Waals surface area contributed by atoms with Gasteiger partial charge < -0.3 is 9.64 Å². The zero-order valence-electron chi connectivity index (χ0n) is 13.8. The second-order valence-electron chi connectivity index (χ2n) is 7.67. The number of likely N-dealkylation sites (N-methyl/N-ethyl adjacent to an activating group) is 1. The predicted octanol–water partition coefficient (Wildman–Crippen LogP) is 4.20. The standard InChI is InChI=1S/C16H35NO/c1-8-17(11-9-15(2,3)4)12-14-18-13-10-16(5,6)7/h8-14H2,1-7H3. The average Bonchev–Trinajstić information content (AvgIpc) is 2.19. The van der Waals surface area contributed by atoms with Gasteiger partial charge in [0.2, 0.25) is 0 Å². The second-order valence-corrected chi connectivity index (χ2v) is 7.67. The van der Waals surface area contributed by atoms with Gasteiger partial charge in [-0.25, -0.2) is 0 Å². The molecule has 2 heteroatoms. The molecular formula is C16H35NO. The summed E-state index contributed by atoms with van der Waals surface area (Å²) in [6, 6.07) is 0. The molecule has 0 unspecified atom stereocenters. The highest BCUT2D eigenvalue weighted by molar-refractivity contribution is 4.65. The van der Waals surface area contributed by atoms with Crippen LogP contribution in [-0.4, -0.2) is 37.7 Å². The van der Waals surface area contributed by atoms with E-state index in [9.17, 15) is 0 Å². The van der Waals surface area contributed by atoms with Gasteiger partial charge in [0.1, 0.15) is 0 Å². The maximum atomic E-state index is 5.73. The molecule has 0 aliphatic carbocycles. The highest BCUT2D eigenvalue weighted by Gasteiger charge is 2.13. The van der Waals surface area contributed by atoms with Crippen molar-refractivity contribution >= 4 is 0 Å². The molecule has 0 spiro atoms. The van der Waals surface area contributed by atoms with E-state index in [1.54, 1.807) is 0 Å². The summed E-state index contributed by atoms with van der Waals surface area (Å²) < 4.78 is 5.73. The van der Waals surface area contributed by atoms with Gasteiger partial charge >= 0.3 is 0 Å². The Kier molecular flexibility index (Phi) is 8.13. The maximum Gasteiger partial charge on any atom is 0.0593 e. The predicted molar refractivity (Wildman–Crippen MR) is 81.1 cm³/mol. The number of nitrogens with zero attached hydrogens (tertiary/aromatic N) is 1. The van der Waals surface area contributed by atoms with E-state index in [0.717, 1.165) is 32.7 Å². The molecule has 0 aromatic rings. The van der Waals surface area contributed by atoms with E-state index in [-0.39, 0.29) is 0 Å². The van der Waals surface area contributed by atoms with E-state index in [1.807, 2.05) is 0 Å². The first-order chi connectivity index (χ1) is 8.14. The van der Waals surface area contributed by atoms with E-state index in [1.165, 1.54) is 13.0 Å². The van der Waals surface area contributed by atoms with E-state index >= 15 is 0 Å². The summed E-state index contributed by atoms with van der Waals surface area (Å²) in [6.45, 7) is 21.1. The van der Waals surface area contributed by atoms with Crippen molar-refractivity contribution < 1.29 is 4.74 Å². The molecular weight excluding hydrogens is 222 g/mol. The van der Waals surface area contributed by atoms with Crippen molar-refractivity contribution in [3.63, 3.8) is 0 Å². The normalized spacial score (nSPS) is 13.3. The van der Waals surface area contributed by atoms with Crippen LogP contribution in [0.1, 0.15) is 61.3 Å². The van der Waals surface area contributed by atoms with E-state index in [0.29, 0.717) is 10.8 Å².